The van der Waals surface area contributed by atoms with Crippen LogP contribution in [0.15, 0.2) is 40.2 Å². The molecule has 0 aliphatic rings. The second kappa shape index (κ2) is 8.34. The number of nitrogens with zero attached hydrogens (tertiary/aromatic N) is 1. The van der Waals surface area contributed by atoms with Crippen molar-refractivity contribution in [3.8, 4) is 5.75 Å². The number of rotatable bonds is 7. The smallest absolute Gasteiger partial charge is 0.222 e. The first-order chi connectivity index (χ1) is 10.6. The SMILES string of the molecule is CCOc1ccc(CN(C)C(=O)CCc2cc(Br)cs2)cc1. The Kier molecular flexibility index (Phi) is 6.46. The molecule has 22 heavy (non-hydrogen) atoms. The van der Waals surface area contributed by atoms with Gasteiger partial charge in [0.1, 0.15) is 5.75 Å². The molecule has 1 heterocycles. The highest BCUT2D eigenvalue weighted by atomic mass is 79.9. The highest BCUT2D eigenvalue weighted by Gasteiger charge is 2.10. The Hall–Kier alpha value is -1.33. The number of benzene rings is 1. The average molecular weight is 382 g/mol. The van der Waals surface area contributed by atoms with Crippen molar-refractivity contribution in [2.24, 2.45) is 0 Å². The van der Waals surface area contributed by atoms with Gasteiger partial charge in [-0.05, 0) is 53.0 Å². The topological polar surface area (TPSA) is 29.5 Å². The second-order valence-corrected chi connectivity index (χ2v) is 6.97. The van der Waals surface area contributed by atoms with E-state index in [9.17, 15) is 4.79 Å². The van der Waals surface area contributed by atoms with Crippen molar-refractivity contribution in [2.45, 2.75) is 26.3 Å². The molecule has 1 aromatic carbocycles. The molecule has 2 aromatic rings. The van der Waals surface area contributed by atoms with Crippen LogP contribution in [0.5, 0.6) is 5.75 Å². The lowest BCUT2D eigenvalue weighted by atomic mass is 10.2. The van der Waals surface area contributed by atoms with Crippen molar-refractivity contribution in [2.75, 3.05) is 13.7 Å². The number of carbonyl (C=O) groups excluding carboxylic acids is 1. The summed E-state index contributed by atoms with van der Waals surface area (Å²) in [5.41, 5.74) is 1.11. The van der Waals surface area contributed by atoms with Crippen LogP contribution in [0.1, 0.15) is 23.8 Å². The van der Waals surface area contributed by atoms with Gasteiger partial charge in [-0.25, -0.2) is 0 Å². The van der Waals surface area contributed by atoms with Crippen molar-refractivity contribution in [1.29, 1.82) is 0 Å². The van der Waals surface area contributed by atoms with E-state index in [1.54, 1.807) is 16.2 Å². The first kappa shape index (κ1) is 17.0. The van der Waals surface area contributed by atoms with Gasteiger partial charge in [0.25, 0.3) is 0 Å². The van der Waals surface area contributed by atoms with Crippen molar-refractivity contribution in [3.05, 3.63) is 50.6 Å². The van der Waals surface area contributed by atoms with Gasteiger partial charge in [0, 0.05) is 34.7 Å². The number of aryl methyl sites for hydroxylation is 1. The highest BCUT2D eigenvalue weighted by molar-refractivity contribution is 9.10. The molecule has 0 spiro atoms. The predicted octanol–water partition coefficient (Wildman–Crippen LogP) is 4.50. The zero-order valence-corrected chi connectivity index (χ0v) is 15.2. The molecule has 0 saturated carbocycles. The molecule has 0 radical (unpaired) electrons. The minimum absolute atomic E-state index is 0.165. The maximum absolute atomic E-state index is 12.2. The zero-order valence-electron chi connectivity index (χ0n) is 12.8. The summed E-state index contributed by atoms with van der Waals surface area (Å²) in [5.74, 6) is 1.03. The van der Waals surface area contributed by atoms with Gasteiger partial charge in [-0.1, -0.05) is 12.1 Å². The van der Waals surface area contributed by atoms with E-state index < -0.39 is 0 Å². The minimum atomic E-state index is 0.165. The number of thiophene rings is 1. The normalized spacial score (nSPS) is 10.5. The monoisotopic (exact) mass is 381 g/mol. The molecule has 0 N–H and O–H groups in total. The van der Waals surface area contributed by atoms with Crippen LogP contribution in [-0.4, -0.2) is 24.5 Å². The first-order valence-electron chi connectivity index (χ1n) is 7.27. The van der Waals surface area contributed by atoms with E-state index >= 15 is 0 Å². The summed E-state index contributed by atoms with van der Waals surface area (Å²) in [5, 5.41) is 2.05. The van der Waals surface area contributed by atoms with Crippen LogP contribution in [0.25, 0.3) is 0 Å². The molecule has 0 aliphatic heterocycles. The summed E-state index contributed by atoms with van der Waals surface area (Å²) in [7, 11) is 1.85. The minimum Gasteiger partial charge on any atom is -0.494 e. The molecule has 0 saturated heterocycles. The van der Waals surface area contributed by atoms with Crippen LogP contribution >= 0.6 is 27.3 Å². The maximum Gasteiger partial charge on any atom is 0.222 e. The van der Waals surface area contributed by atoms with Crippen LogP contribution in [0.3, 0.4) is 0 Å². The first-order valence-corrected chi connectivity index (χ1v) is 8.94. The molecule has 2 rings (SSSR count). The van der Waals surface area contributed by atoms with Crippen molar-refractivity contribution in [3.63, 3.8) is 0 Å². The third-order valence-electron chi connectivity index (χ3n) is 3.29. The summed E-state index contributed by atoms with van der Waals surface area (Å²) in [6, 6.07) is 9.97. The van der Waals surface area contributed by atoms with Crippen LogP contribution < -0.4 is 4.74 Å². The number of halogens is 1. The number of ether oxygens (including phenoxy) is 1. The van der Waals surface area contributed by atoms with Crippen molar-refractivity contribution < 1.29 is 9.53 Å². The van der Waals surface area contributed by atoms with Gasteiger partial charge in [-0.3, -0.25) is 4.79 Å². The van der Waals surface area contributed by atoms with E-state index in [1.165, 1.54) is 4.88 Å². The standard InChI is InChI=1S/C17H20BrNO2S/c1-3-21-15-6-4-13(5-7-15)11-19(2)17(20)9-8-16-10-14(18)12-22-16/h4-7,10,12H,3,8-9,11H2,1-2H3. The third kappa shape index (κ3) is 5.14. The molecular weight excluding hydrogens is 362 g/mol. The summed E-state index contributed by atoms with van der Waals surface area (Å²) in [4.78, 5) is 15.2. The third-order valence-corrected chi connectivity index (χ3v) is 5.04. The van der Waals surface area contributed by atoms with Crippen LogP contribution in [0.4, 0.5) is 0 Å². The van der Waals surface area contributed by atoms with Crippen LogP contribution in [-0.2, 0) is 17.8 Å². The van der Waals surface area contributed by atoms with Gasteiger partial charge >= 0.3 is 0 Å². The largest absolute Gasteiger partial charge is 0.494 e. The lowest BCUT2D eigenvalue weighted by molar-refractivity contribution is -0.130. The predicted molar refractivity (Wildman–Crippen MR) is 94.4 cm³/mol. The average Bonchev–Trinajstić information content (AvgIpc) is 2.92. The highest BCUT2D eigenvalue weighted by Crippen LogP contribution is 2.21. The van der Waals surface area contributed by atoms with Gasteiger partial charge in [-0.2, -0.15) is 0 Å². The van der Waals surface area contributed by atoms with E-state index in [0.717, 1.165) is 22.2 Å². The summed E-state index contributed by atoms with van der Waals surface area (Å²) >= 11 is 5.12. The molecule has 0 fully saturated rings. The van der Waals surface area contributed by atoms with E-state index in [2.05, 4.69) is 22.0 Å². The zero-order chi connectivity index (χ0) is 15.9. The number of amides is 1. The van der Waals surface area contributed by atoms with Gasteiger partial charge in [-0.15, -0.1) is 11.3 Å². The molecular formula is C17H20BrNO2S. The fraction of sp³-hybridized carbons (Fsp3) is 0.353. The Labute approximate surface area is 144 Å². The van der Waals surface area contributed by atoms with E-state index in [-0.39, 0.29) is 5.91 Å². The molecule has 1 aromatic heterocycles. The number of hydrogen-bond donors (Lipinski definition) is 0. The van der Waals surface area contributed by atoms with E-state index in [1.807, 2.05) is 43.6 Å². The molecule has 3 nitrogen and oxygen atoms in total. The number of hydrogen-bond acceptors (Lipinski definition) is 3. The quantitative estimate of drug-likeness (QED) is 0.706. The number of carbonyl (C=O) groups is 1. The molecule has 0 aliphatic carbocycles. The van der Waals surface area contributed by atoms with Crippen LogP contribution in [0, 0.1) is 0 Å². The molecule has 5 heteroatoms. The fourth-order valence-electron chi connectivity index (χ4n) is 2.13. The lowest BCUT2D eigenvalue weighted by Crippen LogP contribution is -2.26. The van der Waals surface area contributed by atoms with Crippen LogP contribution in [0.2, 0.25) is 0 Å². The maximum atomic E-state index is 12.2. The molecule has 0 bridgehead atoms. The van der Waals surface area contributed by atoms with Gasteiger partial charge in [0.05, 0.1) is 6.61 Å². The van der Waals surface area contributed by atoms with Gasteiger partial charge in [0.2, 0.25) is 5.91 Å². The fourth-order valence-corrected chi connectivity index (χ4v) is 3.58. The Morgan fingerprint density at radius 1 is 1.32 bits per heavy atom. The molecule has 1 amide bonds. The Balaban J connectivity index is 1.82. The lowest BCUT2D eigenvalue weighted by Gasteiger charge is -2.17. The summed E-state index contributed by atoms with van der Waals surface area (Å²) in [6.45, 7) is 3.25. The van der Waals surface area contributed by atoms with Gasteiger partial charge in [0.15, 0.2) is 0 Å². The van der Waals surface area contributed by atoms with Gasteiger partial charge < -0.3 is 9.64 Å². The second-order valence-electron chi connectivity index (χ2n) is 5.06. The molecule has 118 valence electrons. The van der Waals surface area contributed by atoms with Crippen molar-refractivity contribution >= 4 is 33.2 Å². The van der Waals surface area contributed by atoms with Crippen molar-refractivity contribution in [1.82, 2.24) is 4.90 Å². The Morgan fingerprint density at radius 3 is 2.64 bits per heavy atom. The summed E-state index contributed by atoms with van der Waals surface area (Å²) < 4.78 is 6.51. The molecule has 0 unspecified atom stereocenters. The Bertz CT molecular complexity index is 609. The van der Waals surface area contributed by atoms with E-state index in [0.29, 0.717) is 19.6 Å². The summed E-state index contributed by atoms with van der Waals surface area (Å²) in [6.07, 6.45) is 1.34. The molecule has 0 atom stereocenters. The van der Waals surface area contributed by atoms with E-state index in [4.69, 9.17) is 4.74 Å². The Morgan fingerprint density at radius 2 is 2.05 bits per heavy atom.